The van der Waals surface area contributed by atoms with E-state index in [4.69, 9.17) is 5.11 Å². The van der Waals surface area contributed by atoms with Crippen LogP contribution in [0.3, 0.4) is 0 Å². The van der Waals surface area contributed by atoms with Gasteiger partial charge in [0.2, 0.25) is 0 Å². The topological polar surface area (TPSA) is 37.3 Å². The molecule has 0 fully saturated rings. The Balaban J connectivity index is 2.29. The Morgan fingerprint density at radius 3 is 1.50 bits per heavy atom. The normalized spacial score (nSPS) is 14.0. The Hall–Kier alpha value is -1.96. The van der Waals surface area contributed by atoms with E-state index in [1.165, 1.54) is 15.9 Å². The molecule has 1 N–H and O–H groups in total. The minimum atomic E-state index is -3.00. The van der Waals surface area contributed by atoms with Crippen LogP contribution in [0.15, 0.2) is 91.0 Å². The van der Waals surface area contributed by atoms with Gasteiger partial charge in [-0.3, -0.25) is 0 Å². The maximum atomic E-state index is 11.1. The van der Waals surface area contributed by atoms with Crippen molar-refractivity contribution in [3.8, 4) is 0 Å². The third-order valence-electron chi connectivity index (χ3n) is 5.62. The van der Waals surface area contributed by atoms with Crippen LogP contribution >= 0.6 is 20.8 Å². The van der Waals surface area contributed by atoms with Gasteiger partial charge in [0.25, 0.3) is 0 Å². The Morgan fingerprint density at radius 2 is 1.18 bits per heavy atom. The van der Waals surface area contributed by atoms with Crippen molar-refractivity contribution in [2.24, 2.45) is 0 Å². The van der Waals surface area contributed by atoms with Crippen LogP contribution in [0.1, 0.15) is 26.2 Å². The molecule has 0 heterocycles. The monoisotopic (exact) mass is 456 g/mol. The fourth-order valence-corrected chi connectivity index (χ4v) is 12.3. The summed E-state index contributed by atoms with van der Waals surface area (Å²) in [7, 11) is 0. The summed E-state index contributed by atoms with van der Waals surface area (Å²) in [6, 6.07) is 31.9. The van der Waals surface area contributed by atoms with E-state index in [1.807, 2.05) is 18.2 Å². The third-order valence-corrected chi connectivity index (χ3v) is 17.2. The second-order valence-corrected chi connectivity index (χ2v) is 16.2. The number of hydrogen-bond donors (Lipinski definition) is 1. The maximum absolute atomic E-state index is 11.1. The van der Waals surface area contributed by atoms with Gasteiger partial charge >= 0.3 is 175 Å². The van der Waals surface area contributed by atoms with Crippen LogP contribution in [0.4, 0.5) is 0 Å². The SMILES string of the molecule is CC(CCCC(=O)O)P(Br)(c1ccccc1)(c1ccccc1)c1ccccc1. The number of carbonyl (C=O) groups is 1. The predicted molar refractivity (Wildman–Crippen MR) is 125 cm³/mol. The van der Waals surface area contributed by atoms with E-state index < -0.39 is 11.3 Å². The summed E-state index contributed by atoms with van der Waals surface area (Å²) >= 11 is 4.43. The molecular formula is C24H26BrO2P. The van der Waals surface area contributed by atoms with Crippen LogP contribution in [0, 0.1) is 0 Å². The molecule has 4 heteroatoms. The van der Waals surface area contributed by atoms with Crippen LogP contribution < -0.4 is 15.9 Å². The molecule has 28 heavy (non-hydrogen) atoms. The number of halogens is 1. The molecule has 3 rings (SSSR count). The minimum absolute atomic E-state index is 0.197. The van der Waals surface area contributed by atoms with Crippen molar-refractivity contribution in [3.63, 3.8) is 0 Å². The van der Waals surface area contributed by atoms with Gasteiger partial charge in [-0.05, 0) is 0 Å². The number of rotatable bonds is 8. The molecule has 0 radical (unpaired) electrons. The molecule has 0 saturated carbocycles. The molecule has 0 aliphatic rings. The van der Waals surface area contributed by atoms with Gasteiger partial charge in [0, 0.05) is 0 Å². The predicted octanol–water partition coefficient (Wildman–Crippen LogP) is 5.47. The average Bonchev–Trinajstić information content (AvgIpc) is 2.75. The Labute approximate surface area is 175 Å². The first kappa shape index (κ1) is 20.8. The first-order valence-corrected chi connectivity index (χ1v) is 13.9. The second kappa shape index (κ2) is 8.59. The van der Waals surface area contributed by atoms with E-state index in [0.717, 1.165) is 6.42 Å². The van der Waals surface area contributed by atoms with Gasteiger partial charge in [-0.2, -0.15) is 0 Å². The third kappa shape index (κ3) is 3.54. The molecular weight excluding hydrogens is 431 g/mol. The standard InChI is InChI=1S/C24H26BrO2P/c1-20(12-11-19-24(26)27)28(25,21-13-5-2-6-14-21,22-15-7-3-8-16-22)23-17-9-4-10-18-23/h2-10,13-18,20H,11-12,19H2,1H3,(H,26,27). The first-order valence-electron chi connectivity index (χ1n) is 9.60. The molecule has 3 aromatic rings. The molecule has 0 aromatic heterocycles. The molecule has 0 bridgehead atoms. The summed E-state index contributed by atoms with van der Waals surface area (Å²) in [5.41, 5.74) is 0.234. The van der Waals surface area contributed by atoms with E-state index in [1.54, 1.807) is 0 Å². The number of aliphatic carboxylic acids is 1. The number of carboxylic acid groups (broad SMARTS) is 1. The van der Waals surface area contributed by atoms with Crippen molar-refractivity contribution < 1.29 is 9.90 Å². The van der Waals surface area contributed by atoms with E-state index >= 15 is 0 Å². The van der Waals surface area contributed by atoms with Crippen molar-refractivity contribution in [1.82, 2.24) is 0 Å². The van der Waals surface area contributed by atoms with Crippen LogP contribution in [-0.4, -0.2) is 16.7 Å². The van der Waals surface area contributed by atoms with Crippen molar-refractivity contribution in [1.29, 1.82) is 0 Å². The Kier molecular flexibility index (Phi) is 6.37. The molecule has 0 aliphatic carbocycles. The zero-order chi connectivity index (χ0) is 20.1. The summed E-state index contributed by atoms with van der Waals surface area (Å²) in [4.78, 5) is 11.1. The van der Waals surface area contributed by atoms with Crippen molar-refractivity contribution in [2.75, 3.05) is 0 Å². The van der Waals surface area contributed by atoms with Crippen molar-refractivity contribution in [2.45, 2.75) is 31.8 Å². The average molecular weight is 457 g/mol. The van der Waals surface area contributed by atoms with Gasteiger partial charge in [-0.1, -0.05) is 0 Å². The number of hydrogen-bond acceptors (Lipinski definition) is 1. The molecule has 0 amide bonds. The van der Waals surface area contributed by atoms with Gasteiger partial charge < -0.3 is 0 Å². The Morgan fingerprint density at radius 1 is 0.821 bits per heavy atom. The number of carboxylic acids is 1. The molecule has 1 unspecified atom stereocenters. The van der Waals surface area contributed by atoms with Crippen LogP contribution in [0.25, 0.3) is 0 Å². The number of benzene rings is 3. The summed E-state index contributed by atoms with van der Waals surface area (Å²) < 4.78 is 0. The fourth-order valence-electron chi connectivity index (χ4n) is 4.16. The van der Waals surface area contributed by atoms with Crippen LogP contribution in [0.2, 0.25) is 0 Å². The zero-order valence-corrected chi connectivity index (χ0v) is 18.5. The second-order valence-electron chi connectivity index (χ2n) is 7.22. The van der Waals surface area contributed by atoms with Gasteiger partial charge in [-0.15, -0.1) is 0 Å². The molecule has 0 aliphatic heterocycles. The molecule has 3 aromatic carbocycles. The van der Waals surface area contributed by atoms with Gasteiger partial charge in [-0.25, -0.2) is 0 Å². The van der Waals surface area contributed by atoms with Gasteiger partial charge in [0.1, 0.15) is 0 Å². The van der Waals surface area contributed by atoms with Gasteiger partial charge in [0.05, 0.1) is 0 Å². The van der Waals surface area contributed by atoms with Crippen molar-refractivity contribution in [3.05, 3.63) is 91.0 Å². The molecule has 1 atom stereocenters. The van der Waals surface area contributed by atoms with Crippen molar-refractivity contribution >= 4 is 42.7 Å². The van der Waals surface area contributed by atoms with Gasteiger partial charge in [0.15, 0.2) is 0 Å². The zero-order valence-electron chi connectivity index (χ0n) is 16.0. The first-order chi connectivity index (χ1) is 13.5. The summed E-state index contributed by atoms with van der Waals surface area (Å²) in [5.74, 6) is -0.735. The summed E-state index contributed by atoms with van der Waals surface area (Å²) in [6.07, 6.45) is 1.68. The van der Waals surface area contributed by atoms with Crippen LogP contribution in [-0.2, 0) is 4.79 Å². The van der Waals surface area contributed by atoms with E-state index in [2.05, 4.69) is 95.2 Å². The van der Waals surface area contributed by atoms with E-state index in [9.17, 15) is 4.79 Å². The molecule has 0 spiro atoms. The Bertz CT molecular complexity index is 814. The van der Waals surface area contributed by atoms with E-state index in [0.29, 0.717) is 6.42 Å². The quantitative estimate of drug-likeness (QED) is 0.456. The van der Waals surface area contributed by atoms with Crippen LogP contribution in [0.5, 0.6) is 0 Å². The fraction of sp³-hybridized carbons (Fsp3) is 0.208. The molecule has 146 valence electrons. The summed E-state index contributed by atoms with van der Waals surface area (Å²) in [6.45, 7) is 2.27. The molecule has 0 saturated heterocycles. The van der Waals surface area contributed by atoms with E-state index in [-0.39, 0.29) is 12.1 Å². The summed E-state index contributed by atoms with van der Waals surface area (Å²) in [5, 5.41) is 9.96. The molecule has 2 nitrogen and oxygen atoms in total.